The number of anilines is 1. The van der Waals surface area contributed by atoms with Crippen LogP contribution in [0.2, 0.25) is 5.02 Å². The Labute approximate surface area is 130 Å². The summed E-state index contributed by atoms with van der Waals surface area (Å²) in [5, 5.41) is 3.66. The summed E-state index contributed by atoms with van der Waals surface area (Å²) in [5.74, 6) is -1.14. The van der Waals surface area contributed by atoms with E-state index >= 15 is 0 Å². The Kier molecular flexibility index (Phi) is 4.66. The fraction of sp³-hybridized carbons (Fsp3) is 0.200. The number of hydrogen-bond acceptors (Lipinski definition) is 1. The molecule has 2 rings (SSSR count). The van der Waals surface area contributed by atoms with Gasteiger partial charge in [0.1, 0.15) is 11.6 Å². The van der Waals surface area contributed by atoms with Gasteiger partial charge in [-0.25, -0.2) is 8.78 Å². The molecule has 2 aromatic carbocycles. The van der Waals surface area contributed by atoms with Crippen molar-refractivity contribution >= 4 is 33.2 Å². The number of halogens is 4. The molecule has 0 fully saturated rings. The van der Waals surface area contributed by atoms with Crippen LogP contribution in [0.5, 0.6) is 0 Å². The first-order valence-corrected chi connectivity index (χ1v) is 7.23. The molecule has 1 atom stereocenters. The third-order valence-electron chi connectivity index (χ3n) is 3.05. The molecule has 0 spiro atoms. The van der Waals surface area contributed by atoms with Crippen LogP contribution in [-0.2, 0) is 0 Å². The van der Waals surface area contributed by atoms with E-state index in [0.717, 1.165) is 10.0 Å². The predicted molar refractivity (Wildman–Crippen MR) is 82.3 cm³/mol. The van der Waals surface area contributed by atoms with Crippen LogP contribution in [0.3, 0.4) is 0 Å². The maximum atomic E-state index is 13.7. The van der Waals surface area contributed by atoms with E-state index in [-0.39, 0.29) is 5.56 Å². The first-order valence-electron chi connectivity index (χ1n) is 6.06. The smallest absolute Gasteiger partial charge is 0.131 e. The predicted octanol–water partition coefficient (Wildman–Crippen LogP) is 5.86. The Bertz CT molecular complexity index is 626. The molecule has 2 aromatic rings. The molecular weight excluding hydrogens is 348 g/mol. The summed E-state index contributed by atoms with van der Waals surface area (Å²) < 4.78 is 28.3. The van der Waals surface area contributed by atoms with Crippen molar-refractivity contribution in [1.29, 1.82) is 0 Å². The molecule has 0 aliphatic carbocycles. The molecule has 0 aromatic heterocycles. The van der Waals surface area contributed by atoms with Gasteiger partial charge in [-0.2, -0.15) is 0 Å². The van der Waals surface area contributed by atoms with Crippen molar-refractivity contribution in [1.82, 2.24) is 0 Å². The van der Waals surface area contributed by atoms with E-state index in [0.29, 0.717) is 10.7 Å². The standard InChI is InChI=1S/C15H13BrClF2N/c1-8-6-10(16)14(7-11(8)17)20-9(2)15-12(18)4-3-5-13(15)19/h3-7,9,20H,1-2H3. The van der Waals surface area contributed by atoms with Crippen molar-refractivity contribution in [2.45, 2.75) is 19.9 Å². The number of nitrogens with one attached hydrogen (secondary N) is 1. The molecule has 0 saturated carbocycles. The number of hydrogen-bond donors (Lipinski definition) is 1. The highest BCUT2D eigenvalue weighted by molar-refractivity contribution is 9.10. The largest absolute Gasteiger partial charge is 0.377 e. The summed E-state index contributed by atoms with van der Waals surface area (Å²) in [6, 6.07) is 6.90. The molecule has 106 valence electrons. The van der Waals surface area contributed by atoms with Crippen molar-refractivity contribution in [3.63, 3.8) is 0 Å². The van der Waals surface area contributed by atoms with Gasteiger partial charge in [-0.1, -0.05) is 17.7 Å². The molecule has 5 heteroatoms. The van der Waals surface area contributed by atoms with E-state index in [4.69, 9.17) is 11.6 Å². The quantitative estimate of drug-likeness (QED) is 0.722. The van der Waals surface area contributed by atoms with E-state index in [1.807, 2.05) is 13.0 Å². The second-order valence-corrected chi connectivity index (χ2v) is 5.84. The second-order valence-electron chi connectivity index (χ2n) is 4.58. The summed E-state index contributed by atoms with van der Waals surface area (Å²) in [6.07, 6.45) is 0. The lowest BCUT2D eigenvalue weighted by molar-refractivity contribution is 0.544. The van der Waals surface area contributed by atoms with Crippen LogP contribution >= 0.6 is 27.5 Å². The normalized spacial score (nSPS) is 12.3. The van der Waals surface area contributed by atoms with Gasteiger partial charge in [-0.05, 0) is 59.6 Å². The van der Waals surface area contributed by atoms with Crippen LogP contribution in [0.15, 0.2) is 34.8 Å². The molecule has 1 unspecified atom stereocenters. The van der Waals surface area contributed by atoms with E-state index in [2.05, 4.69) is 21.2 Å². The Morgan fingerprint density at radius 2 is 1.80 bits per heavy atom. The van der Waals surface area contributed by atoms with Crippen molar-refractivity contribution in [2.75, 3.05) is 5.32 Å². The minimum absolute atomic E-state index is 0.0103. The maximum Gasteiger partial charge on any atom is 0.131 e. The number of rotatable bonds is 3. The van der Waals surface area contributed by atoms with Gasteiger partial charge < -0.3 is 5.32 Å². The highest BCUT2D eigenvalue weighted by atomic mass is 79.9. The first kappa shape index (κ1) is 15.3. The van der Waals surface area contributed by atoms with E-state index in [1.165, 1.54) is 18.2 Å². The fourth-order valence-corrected chi connectivity index (χ4v) is 2.72. The van der Waals surface area contributed by atoms with Gasteiger partial charge in [0.05, 0.1) is 11.7 Å². The van der Waals surface area contributed by atoms with Crippen molar-refractivity contribution in [3.05, 3.63) is 62.6 Å². The van der Waals surface area contributed by atoms with Gasteiger partial charge in [-0.3, -0.25) is 0 Å². The SMILES string of the molecule is Cc1cc(Br)c(NC(C)c2c(F)cccc2F)cc1Cl. The third kappa shape index (κ3) is 3.13. The van der Waals surface area contributed by atoms with Crippen molar-refractivity contribution < 1.29 is 8.78 Å². The Hall–Kier alpha value is -1.13. The molecule has 0 saturated heterocycles. The van der Waals surface area contributed by atoms with Crippen LogP contribution in [-0.4, -0.2) is 0 Å². The average molecular weight is 361 g/mol. The summed E-state index contributed by atoms with van der Waals surface area (Å²) >= 11 is 9.48. The monoisotopic (exact) mass is 359 g/mol. The van der Waals surface area contributed by atoms with Crippen molar-refractivity contribution in [3.8, 4) is 0 Å². The van der Waals surface area contributed by atoms with Gasteiger partial charge in [-0.15, -0.1) is 0 Å². The zero-order valence-corrected chi connectivity index (χ0v) is 13.3. The summed E-state index contributed by atoms with van der Waals surface area (Å²) in [7, 11) is 0. The van der Waals surface area contributed by atoms with Gasteiger partial charge in [0.15, 0.2) is 0 Å². The van der Waals surface area contributed by atoms with Crippen LogP contribution < -0.4 is 5.32 Å². The van der Waals surface area contributed by atoms with Gasteiger partial charge in [0.25, 0.3) is 0 Å². The van der Waals surface area contributed by atoms with Crippen molar-refractivity contribution in [2.24, 2.45) is 0 Å². The highest BCUT2D eigenvalue weighted by Crippen LogP contribution is 2.32. The number of aryl methyl sites for hydroxylation is 1. The molecule has 1 N–H and O–H groups in total. The Morgan fingerprint density at radius 1 is 1.20 bits per heavy atom. The maximum absolute atomic E-state index is 13.7. The molecule has 0 heterocycles. The minimum atomic E-state index is -0.570. The Morgan fingerprint density at radius 3 is 2.40 bits per heavy atom. The second kappa shape index (κ2) is 6.10. The fourth-order valence-electron chi connectivity index (χ4n) is 1.99. The Balaban J connectivity index is 2.33. The molecule has 0 radical (unpaired) electrons. The molecule has 1 nitrogen and oxygen atoms in total. The molecule has 0 aliphatic heterocycles. The zero-order chi connectivity index (χ0) is 14.9. The molecule has 20 heavy (non-hydrogen) atoms. The topological polar surface area (TPSA) is 12.0 Å². The van der Waals surface area contributed by atoms with Gasteiger partial charge >= 0.3 is 0 Å². The van der Waals surface area contributed by atoms with Crippen LogP contribution in [0.25, 0.3) is 0 Å². The summed E-state index contributed by atoms with van der Waals surface area (Å²) in [6.45, 7) is 3.58. The first-order chi connectivity index (χ1) is 9.40. The van der Waals surface area contributed by atoms with E-state index in [9.17, 15) is 8.78 Å². The van der Waals surface area contributed by atoms with E-state index < -0.39 is 17.7 Å². The van der Waals surface area contributed by atoms with Gasteiger partial charge in [0, 0.05) is 15.1 Å². The van der Waals surface area contributed by atoms with Gasteiger partial charge in [0.2, 0.25) is 0 Å². The zero-order valence-electron chi connectivity index (χ0n) is 11.0. The molecular formula is C15H13BrClF2N. The average Bonchev–Trinajstić information content (AvgIpc) is 2.35. The summed E-state index contributed by atoms with van der Waals surface area (Å²) in [4.78, 5) is 0. The minimum Gasteiger partial charge on any atom is -0.377 e. The lowest BCUT2D eigenvalue weighted by atomic mass is 10.1. The number of benzene rings is 2. The third-order valence-corrected chi connectivity index (χ3v) is 4.12. The van der Waals surface area contributed by atoms with Crippen LogP contribution in [0.4, 0.5) is 14.5 Å². The molecule has 0 bridgehead atoms. The van der Waals surface area contributed by atoms with E-state index in [1.54, 1.807) is 13.0 Å². The lowest BCUT2D eigenvalue weighted by Gasteiger charge is -2.19. The molecule has 0 aliphatic rings. The van der Waals surface area contributed by atoms with Crippen LogP contribution in [0, 0.1) is 18.6 Å². The van der Waals surface area contributed by atoms with Crippen LogP contribution in [0.1, 0.15) is 24.1 Å². The molecule has 0 amide bonds. The lowest BCUT2D eigenvalue weighted by Crippen LogP contribution is -2.11. The summed E-state index contributed by atoms with van der Waals surface area (Å²) in [5.41, 5.74) is 1.63. The highest BCUT2D eigenvalue weighted by Gasteiger charge is 2.17.